The van der Waals surface area contributed by atoms with Crippen molar-refractivity contribution in [2.45, 2.75) is 45.8 Å². The molecule has 0 unspecified atom stereocenters. The van der Waals surface area contributed by atoms with E-state index in [0.717, 1.165) is 5.56 Å². The molecule has 0 radical (unpaired) electrons. The third-order valence-electron chi connectivity index (χ3n) is 3.35. The van der Waals surface area contributed by atoms with Crippen LogP contribution in [0.1, 0.15) is 39.2 Å². The molecule has 166 valence electrons. The van der Waals surface area contributed by atoms with Gasteiger partial charge in [0.1, 0.15) is 12.2 Å². The van der Waals surface area contributed by atoms with Gasteiger partial charge in [0.2, 0.25) is 5.91 Å². The molecule has 0 fully saturated rings. The SMILES string of the molecule is CC(C)(C)OC(=O)NOCCNC(=O)CCC(=O)CNC(=O)OCc1ccccc1. The fourth-order valence-electron chi connectivity index (χ4n) is 2.02. The third kappa shape index (κ3) is 13.1. The van der Waals surface area contributed by atoms with E-state index in [1.165, 1.54) is 0 Å². The quantitative estimate of drug-likeness (QED) is 0.365. The second-order valence-corrected chi connectivity index (χ2v) is 7.26. The molecule has 10 heteroatoms. The lowest BCUT2D eigenvalue weighted by Crippen LogP contribution is -2.35. The third-order valence-corrected chi connectivity index (χ3v) is 3.35. The van der Waals surface area contributed by atoms with Gasteiger partial charge in [0.05, 0.1) is 13.2 Å². The Hall–Kier alpha value is -3.14. The zero-order chi connectivity index (χ0) is 22.4. The minimum Gasteiger partial charge on any atom is -0.445 e. The number of ketones is 1. The predicted molar refractivity (Wildman–Crippen MR) is 107 cm³/mol. The molecule has 3 N–H and O–H groups in total. The van der Waals surface area contributed by atoms with Gasteiger partial charge in [0, 0.05) is 19.4 Å². The lowest BCUT2D eigenvalue weighted by Gasteiger charge is -2.19. The largest absolute Gasteiger partial charge is 0.445 e. The summed E-state index contributed by atoms with van der Waals surface area (Å²) >= 11 is 0. The Morgan fingerprint density at radius 1 is 0.933 bits per heavy atom. The van der Waals surface area contributed by atoms with Gasteiger partial charge in [0.25, 0.3) is 0 Å². The second-order valence-electron chi connectivity index (χ2n) is 7.26. The van der Waals surface area contributed by atoms with Crippen molar-refractivity contribution < 1.29 is 33.5 Å². The molecule has 1 rings (SSSR count). The summed E-state index contributed by atoms with van der Waals surface area (Å²) in [5.41, 5.74) is 2.29. The van der Waals surface area contributed by atoms with Crippen LogP contribution >= 0.6 is 0 Å². The molecular weight excluding hydrogens is 394 g/mol. The van der Waals surface area contributed by atoms with Crippen LogP contribution in [0.25, 0.3) is 0 Å². The van der Waals surface area contributed by atoms with Crippen molar-refractivity contribution in [3.05, 3.63) is 35.9 Å². The minimum absolute atomic E-state index is 0.0260. The summed E-state index contributed by atoms with van der Waals surface area (Å²) in [5.74, 6) is -0.652. The van der Waals surface area contributed by atoms with Crippen molar-refractivity contribution in [2.75, 3.05) is 19.7 Å². The van der Waals surface area contributed by atoms with Gasteiger partial charge in [-0.2, -0.15) is 5.48 Å². The van der Waals surface area contributed by atoms with E-state index < -0.39 is 17.8 Å². The number of Topliss-reactive ketones (excluding diaryl/α,β-unsaturated/α-hetero) is 1. The Kier molecular flexibility index (Phi) is 10.9. The van der Waals surface area contributed by atoms with Crippen molar-refractivity contribution in [1.29, 1.82) is 0 Å². The van der Waals surface area contributed by atoms with Gasteiger partial charge < -0.3 is 20.1 Å². The number of rotatable bonds is 11. The van der Waals surface area contributed by atoms with Crippen molar-refractivity contribution >= 4 is 23.9 Å². The number of benzene rings is 1. The molecule has 0 saturated heterocycles. The van der Waals surface area contributed by atoms with Gasteiger partial charge >= 0.3 is 12.2 Å². The van der Waals surface area contributed by atoms with Crippen LogP contribution in [0, 0.1) is 0 Å². The van der Waals surface area contributed by atoms with E-state index in [2.05, 4.69) is 16.1 Å². The molecule has 0 aliphatic rings. The average Bonchev–Trinajstić information content (AvgIpc) is 2.68. The van der Waals surface area contributed by atoms with Crippen molar-refractivity contribution in [3.8, 4) is 0 Å². The summed E-state index contributed by atoms with van der Waals surface area (Å²) in [5, 5.41) is 4.89. The zero-order valence-corrected chi connectivity index (χ0v) is 17.5. The normalized spacial score (nSPS) is 10.6. The van der Waals surface area contributed by atoms with Crippen molar-refractivity contribution in [3.63, 3.8) is 0 Å². The first kappa shape index (κ1) is 24.9. The van der Waals surface area contributed by atoms with E-state index in [4.69, 9.17) is 14.3 Å². The first-order chi connectivity index (χ1) is 14.2. The maximum Gasteiger partial charge on any atom is 0.431 e. The molecule has 0 heterocycles. The fraction of sp³-hybridized carbons (Fsp3) is 0.500. The van der Waals surface area contributed by atoms with Gasteiger partial charge in [-0.25, -0.2) is 9.59 Å². The molecular formula is C20H29N3O7. The molecule has 30 heavy (non-hydrogen) atoms. The van der Waals surface area contributed by atoms with Gasteiger partial charge in [-0.05, 0) is 26.3 Å². The molecule has 1 aromatic carbocycles. The van der Waals surface area contributed by atoms with Gasteiger partial charge in [-0.15, -0.1) is 0 Å². The summed E-state index contributed by atoms with van der Waals surface area (Å²) < 4.78 is 9.96. The Bertz CT molecular complexity index is 702. The molecule has 0 atom stereocenters. The van der Waals surface area contributed by atoms with Gasteiger partial charge in [-0.1, -0.05) is 30.3 Å². The molecule has 10 nitrogen and oxygen atoms in total. The molecule has 0 spiro atoms. The molecule has 0 aromatic heterocycles. The number of alkyl carbamates (subject to hydrolysis) is 1. The molecule has 0 aliphatic carbocycles. The van der Waals surface area contributed by atoms with E-state index in [1.54, 1.807) is 20.8 Å². The molecule has 0 saturated carbocycles. The van der Waals surface area contributed by atoms with E-state index in [9.17, 15) is 19.2 Å². The highest BCUT2D eigenvalue weighted by molar-refractivity contribution is 5.87. The van der Waals surface area contributed by atoms with Crippen LogP contribution in [0.5, 0.6) is 0 Å². The van der Waals surface area contributed by atoms with Crippen LogP contribution in [-0.2, 0) is 30.5 Å². The Morgan fingerprint density at radius 2 is 1.63 bits per heavy atom. The van der Waals surface area contributed by atoms with Crippen LogP contribution in [-0.4, -0.2) is 49.2 Å². The Morgan fingerprint density at radius 3 is 2.30 bits per heavy atom. The number of hydrogen-bond donors (Lipinski definition) is 3. The van der Waals surface area contributed by atoms with E-state index >= 15 is 0 Å². The Balaban J connectivity index is 2.04. The molecule has 0 bridgehead atoms. The van der Waals surface area contributed by atoms with Crippen molar-refractivity contribution in [2.24, 2.45) is 0 Å². The maximum atomic E-state index is 11.8. The van der Waals surface area contributed by atoms with Gasteiger partial charge in [0.15, 0.2) is 5.78 Å². The molecule has 1 aromatic rings. The highest BCUT2D eigenvalue weighted by atomic mass is 16.7. The van der Waals surface area contributed by atoms with Crippen LogP contribution < -0.4 is 16.1 Å². The standard InChI is InChI=1S/C20H29N3O7/c1-20(2,3)30-19(27)23-29-12-11-21-17(25)10-9-16(24)13-22-18(26)28-14-15-7-5-4-6-8-15/h4-8H,9-14H2,1-3H3,(H,21,25)(H,22,26)(H,23,27). The number of carbonyl (C=O) groups excluding carboxylic acids is 4. The summed E-state index contributed by atoms with van der Waals surface area (Å²) in [6.07, 6.45) is -1.48. The molecule has 3 amide bonds. The summed E-state index contributed by atoms with van der Waals surface area (Å²) in [6.45, 7) is 5.23. The summed E-state index contributed by atoms with van der Waals surface area (Å²) in [7, 11) is 0. The van der Waals surface area contributed by atoms with Crippen LogP contribution in [0.15, 0.2) is 30.3 Å². The van der Waals surface area contributed by atoms with Crippen LogP contribution in [0.3, 0.4) is 0 Å². The van der Waals surface area contributed by atoms with Crippen LogP contribution in [0.4, 0.5) is 9.59 Å². The lowest BCUT2D eigenvalue weighted by molar-refractivity contribution is -0.125. The number of ether oxygens (including phenoxy) is 2. The highest BCUT2D eigenvalue weighted by Crippen LogP contribution is 2.06. The highest BCUT2D eigenvalue weighted by Gasteiger charge is 2.16. The van der Waals surface area contributed by atoms with Crippen LogP contribution in [0.2, 0.25) is 0 Å². The second kappa shape index (κ2) is 13.2. The molecule has 0 aliphatic heterocycles. The van der Waals surface area contributed by atoms with Gasteiger partial charge in [-0.3, -0.25) is 14.4 Å². The monoisotopic (exact) mass is 423 g/mol. The van der Waals surface area contributed by atoms with E-state index in [-0.39, 0.29) is 50.8 Å². The fourth-order valence-corrected chi connectivity index (χ4v) is 2.02. The number of nitrogens with one attached hydrogen (secondary N) is 3. The van der Waals surface area contributed by atoms with E-state index in [0.29, 0.717) is 0 Å². The summed E-state index contributed by atoms with van der Waals surface area (Å²) in [6, 6.07) is 9.14. The Labute approximate surface area is 175 Å². The van der Waals surface area contributed by atoms with Crippen molar-refractivity contribution in [1.82, 2.24) is 16.1 Å². The lowest BCUT2D eigenvalue weighted by atomic mass is 10.2. The number of hydrogen-bond acceptors (Lipinski definition) is 7. The van der Waals surface area contributed by atoms with E-state index in [1.807, 2.05) is 30.3 Å². The zero-order valence-electron chi connectivity index (χ0n) is 17.5. The smallest absolute Gasteiger partial charge is 0.431 e. The maximum absolute atomic E-state index is 11.8. The predicted octanol–water partition coefficient (Wildman–Crippen LogP) is 1.83. The summed E-state index contributed by atoms with van der Waals surface area (Å²) in [4.78, 5) is 51.2. The minimum atomic E-state index is -0.728. The number of hydroxylamine groups is 1. The average molecular weight is 423 g/mol. The number of amides is 3. The number of carbonyl (C=O) groups is 4. The first-order valence-electron chi connectivity index (χ1n) is 9.49. The first-order valence-corrected chi connectivity index (χ1v) is 9.49. The topological polar surface area (TPSA) is 132 Å².